The van der Waals surface area contributed by atoms with Crippen molar-refractivity contribution in [1.82, 2.24) is 10.6 Å². The van der Waals surface area contributed by atoms with Gasteiger partial charge in [0.2, 0.25) is 0 Å². The molecule has 130 valence electrons. The van der Waals surface area contributed by atoms with Crippen LogP contribution in [0.25, 0.3) is 0 Å². The van der Waals surface area contributed by atoms with Crippen molar-refractivity contribution in [2.24, 2.45) is 4.99 Å². The molecule has 1 rings (SSSR count). The van der Waals surface area contributed by atoms with Gasteiger partial charge in [0.1, 0.15) is 11.5 Å². The molecule has 23 heavy (non-hydrogen) atoms. The minimum Gasteiger partial charge on any atom is -0.497 e. The summed E-state index contributed by atoms with van der Waals surface area (Å²) < 4.78 is 34.6. The van der Waals surface area contributed by atoms with Crippen LogP contribution in [0.3, 0.4) is 0 Å². The van der Waals surface area contributed by atoms with E-state index < -0.39 is 6.61 Å². The van der Waals surface area contributed by atoms with Gasteiger partial charge in [-0.25, -0.2) is 0 Å². The highest BCUT2D eigenvalue weighted by atomic mass is 19.3. The Morgan fingerprint density at radius 2 is 2.04 bits per heavy atom. The molecule has 0 saturated heterocycles. The molecule has 0 saturated carbocycles. The third kappa shape index (κ3) is 7.17. The topological polar surface area (TPSA) is 54.9 Å². The van der Waals surface area contributed by atoms with E-state index in [4.69, 9.17) is 4.74 Å². The van der Waals surface area contributed by atoms with Crippen molar-refractivity contribution in [2.75, 3.05) is 20.7 Å². The number of guanidine groups is 1. The fourth-order valence-electron chi connectivity index (χ4n) is 2.01. The number of rotatable bonds is 9. The van der Waals surface area contributed by atoms with E-state index in [1.807, 2.05) is 0 Å². The summed E-state index contributed by atoms with van der Waals surface area (Å²) >= 11 is 0. The number of alkyl halides is 2. The number of ether oxygens (including phenoxy) is 2. The molecule has 0 atom stereocenters. The minimum absolute atomic E-state index is 0.120. The summed E-state index contributed by atoms with van der Waals surface area (Å²) in [4.78, 5) is 4.11. The van der Waals surface area contributed by atoms with Crippen LogP contribution < -0.4 is 20.1 Å². The number of benzene rings is 1. The number of aliphatic imine (C=N–C) groups is 1. The van der Waals surface area contributed by atoms with Crippen LogP contribution in [0.1, 0.15) is 31.7 Å². The van der Waals surface area contributed by atoms with Gasteiger partial charge in [0.05, 0.1) is 7.11 Å². The summed E-state index contributed by atoms with van der Waals surface area (Å²) in [6.45, 7) is 0.382. The Balaban J connectivity index is 2.66. The van der Waals surface area contributed by atoms with Crippen LogP contribution in [-0.2, 0) is 6.54 Å². The molecule has 0 amide bonds. The summed E-state index contributed by atoms with van der Waals surface area (Å²) in [6.07, 6.45) is 3.34. The average Bonchev–Trinajstić information content (AvgIpc) is 2.54. The molecule has 0 aliphatic rings. The normalized spacial score (nSPS) is 11.5. The molecule has 0 radical (unpaired) electrons. The third-order valence-electron chi connectivity index (χ3n) is 3.23. The molecule has 0 fully saturated rings. The second-order valence-corrected chi connectivity index (χ2v) is 4.91. The van der Waals surface area contributed by atoms with Gasteiger partial charge in [-0.1, -0.05) is 19.8 Å². The fourth-order valence-corrected chi connectivity index (χ4v) is 2.01. The zero-order valence-electron chi connectivity index (χ0n) is 13.9. The first kappa shape index (κ1) is 19.0. The summed E-state index contributed by atoms with van der Waals surface area (Å²) in [5, 5.41) is 6.27. The fraction of sp³-hybridized carbons (Fsp3) is 0.562. The average molecular weight is 329 g/mol. The van der Waals surface area contributed by atoms with Gasteiger partial charge in [-0.15, -0.1) is 0 Å². The van der Waals surface area contributed by atoms with Gasteiger partial charge in [0.15, 0.2) is 5.96 Å². The van der Waals surface area contributed by atoms with Gasteiger partial charge >= 0.3 is 6.61 Å². The molecule has 2 N–H and O–H groups in total. The predicted molar refractivity (Wildman–Crippen MR) is 87.4 cm³/mol. The van der Waals surface area contributed by atoms with Gasteiger partial charge in [0.25, 0.3) is 0 Å². The molecule has 0 aliphatic heterocycles. The van der Waals surface area contributed by atoms with Crippen molar-refractivity contribution < 1.29 is 18.3 Å². The largest absolute Gasteiger partial charge is 0.497 e. The monoisotopic (exact) mass is 329 g/mol. The number of unbranched alkanes of at least 4 members (excludes halogenated alkanes) is 2. The molecule has 0 aromatic heterocycles. The zero-order valence-corrected chi connectivity index (χ0v) is 13.9. The molecule has 7 heteroatoms. The number of methoxy groups -OCH3 is 1. The van der Waals surface area contributed by atoms with E-state index in [0.717, 1.165) is 25.8 Å². The van der Waals surface area contributed by atoms with Crippen LogP contribution in [0.5, 0.6) is 11.5 Å². The summed E-state index contributed by atoms with van der Waals surface area (Å²) in [5.41, 5.74) is 0.571. The Labute approximate surface area is 136 Å². The lowest BCUT2D eigenvalue weighted by Gasteiger charge is -2.15. The minimum atomic E-state index is -2.87. The second kappa shape index (κ2) is 10.6. The van der Waals surface area contributed by atoms with Gasteiger partial charge in [-0.05, 0) is 24.6 Å². The SMILES string of the molecule is CCCCCNC(=NC)NCc1cc(OC)ccc1OC(F)F. The van der Waals surface area contributed by atoms with E-state index in [1.165, 1.54) is 13.2 Å². The van der Waals surface area contributed by atoms with Crippen LogP contribution >= 0.6 is 0 Å². The van der Waals surface area contributed by atoms with Crippen molar-refractivity contribution in [2.45, 2.75) is 39.3 Å². The van der Waals surface area contributed by atoms with Crippen LogP contribution in [-0.4, -0.2) is 33.3 Å². The number of halogens is 2. The van der Waals surface area contributed by atoms with Crippen LogP contribution in [0.4, 0.5) is 8.78 Å². The van der Waals surface area contributed by atoms with Gasteiger partial charge in [0, 0.05) is 25.7 Å². The lowest BCUT2D eigenvalue weighted by atomic mass is 10.2. The molecule has 1 aromatic rings. The first-order chi connectivity index (χ1) is 11.1. The van der Waals surface area contributed by atoms with Crippen LogP contribution in [0.15, 0.2) is 23.2 Å². The van der Waals surface area contributed by atoms with Crippen molar-refractivity contribution in [3.05, 3.63) is 23.8 Å². The number of nitrogens with zero attached hydrogens (tertiary/aromatic N) is 1. The first-order valence-electron chi connectivity index (χ1n) is 7.67. The standard InChI is InChI=1S/C16H25F2N3O2/c1-4-5-6-9-20-16(19-2)21-11-12-10-13(22-3)7-8-14(12)23-15(17)18/h7-8,10,15H,4-6,9,11H2,1-3H3,(H2,19,20,21). The zero-order chi connectivity index (χ0) is 17.1. The molecule has 0 heterocycles. The van der Waals surface area contributed by atoms with Crippen molar-refractivity contribution in [1.29, 1.82) is 0 Å². The maximum absolute atomic E-state index is 12.5. The molecule has 5 nitrogen and oxygen atoms in total. The summed E-state index contributed by atoms with van der Waals surface area (Å²) in [6, 6.07) is 4.72. The highest BCUT2D eigenvalue weighted by Gasteiger charge is 2.11. The van der Waals surface area contributed by atoms with Gasteiger partial charge in [-0.3, -0.25) is 4.99 Å². The van der Waals surface area contributed by atoms with E-state index in [2.05, 4.69) is 27.3 Å². The molecule has 0 aliphatic carbocycles. The van der Waals surface area contributed by atoms with E-state index in [1.54, 1.807) is 19.2 Å². The predicted octanol–water partition coefficient (Wildman–Crippen LogP) is 3.15. The van der Waals surface area contributed by atoms with Crippen LogP contribution in [0.2, 0.25) is 0 Å². The maximum atomic E-state index is 12.5. The molecule has 0 spiro atoms. The maximum Gasteiger partial charge on any atom is 0.387 e. The highest BCUT2D eigenvalue weighted by Crippen LogP contribution is 2.25. The number of hydrogen-bond acceptors (Lipinski definition) is 3. The van der Waals surface area contributed by atoms with Gasteiger partial charge < -0.3 is 20.1 Å². The third-order valence-corrected chi connectivity index (χ3v) is 3.23. The summed E-state index contributed by atoms with van der Waals surface area (Å²) in [5.74, 6) is 1.32. The molecule has 1 aromatic carbocycles. The van der Waals surface area contributed by atoms with Crippen molar-refractivity contribution in [3.8, 4) is 11.5 Å². The lowest BCUT2D eigenvalue weighted by molar-refractivity contribution is -0.0504. The Morgan fingerprint density at radius 1 is 1.26 bits per heavy atom. The first-order valence-corrected chi connectivity index (χ1v) is 7.67. The molecular weight excluding hydrogens is 304 g/mol. The van der Waals surface area contributed by atoms with E-state index in [0.29, 0.717) is 23.8 Å². The molecule has 0 bridgehead atoms. The Bertz CT molecular complexity index is 496. The lowest BCUT2D eigenvalue weighted by Crippen LogP contribution is -2.37. The van der Waals surface area contributed by atoms with E-state index in [-0.39, 0.29) is 5.75 Å². The second-order valence-electron chi connectivity index (χ2n) is 4.91. The van der Waals surface area contributed by atoms with Crippen molar-refractivity contribution in [3.63, 3.8) is 0 Å². The van der Waals surface area contributed by atoms with Crippen LogP contribution in [0, 0.1) is 0 Å². The van der Waals surface area contributed by atoms with E-state index in [9.17, 15) is 8.78 Å². The van der Waals surface area contributed by atoms with Crippen molar-refractivity contribution >= 4 is 5.96 Å². The Kier molecular flexibility index (Phi) is 8.79. The number of nitrogens with one attached hydrogen (secondary N) is 2. The Hall–Kier alpha value is -2.05. The molecular formula is C16H25F2N3O2. The Morgan fingerprint density at radius 3 is 2.65 bits per heavy atom. The quantitative estimate of drug-likeness (QED) is 0.415. The van der Waals surface area contributed by atoms with Gasteiger partial charge in [-0.2, -0.15) is 8.78 Å². The number of hydrogen-bond donors (Lipinski definition) is 2. The summed E-state index contributed by atoms with van der Waals surface area (Å²) in [7, 11) is 3.19. The highest BCUT2D eigenvalue weighted by molar-refractivity contribution is 5.79. The smallest absolute Gasteiger partial charge is 0.387 e. The molecule has 0 unspecified atom stereocenters. The van der Waals surface area contributed by atoms with E-state index >= 15 is 0 Å².